The molecule has 106 valence electrons. The maximum Gasteiger partial charge on any atom is 0.319 e. The highest BCUT2D eigenvalue weighted by molar-refractivity contribution is 7.84. The summed E-state index contributed by atoms with van der Waals surface area (Å²) >= 11 is 0. The molecule has 19 heavy (non-hydrogen) atoms. The predicted octanol–water partition coefficient (Wildman–Crippen LogP) is 1.56. The van der Waals surface area contributed by atoms with E-state index in [-0.39, 0.29) is 18.6 Å². The molecular formula is C13H20N2O3S. The second-order valence-electron chi connectivity index (χ2n) is 4.43. The summed E-state index contributed by atoms with van der Waals surface area (Å²) in [5, 5.41) is 14.2. The molecule has 5 nitrogen and oxygen atoms in total. The molecule has 0 saturated heterocycles. The fourth-order valence-corrected chi connectivity index (χ4v) is 2.08. The van der Waals surface area contributed by atoms with Crippen molar-refractivity contribution in [1.82, 2.24) is 5.32 Å². The van der Waals surface area contributed by atoms with Gasteiger partial charge in [-0.05, 0) is 30.5 Å². The van der Waals surface area contributed by atoms with Gasteiger partial charge in [0.05, 0.1) is 0 Å². The van der Waals surface area contributed by atoms with Crippen molar-refractivity contribution in [3.05, 3.63) is 24.3 Å². The molecule has 0 aliphatic carbocycles. The van der Waals surface area contributed by atoms with Crippen molar-refractivity contribution < 1.29 is 14.1 Å². The summed E-state index contributed by atoms with van der Waals surface area (Å²) in [4.78, 5) is 12.3. The molecule has 6 heteroatoms. The summed E-state index contributed by atoms with van der Waals surface area (Å²) < 4.78 is 11.3. The summed E-state index contributed by atoms with van der Waals surface area (Å²) in [5.41, 5.74) is 0.611. The van der Waals surface area contributed by atoms with Crippen LogP contribution in [0.3, 0.4) is 0 Å². The highest BCUT2D eigenvalue weighted by Gasteiger charge is 2.06. The molecule has 2 unspecified atom stereocenters. The number of amides is 2. The third kappa shape index (κ3) is 5.85. The van der Waals surface area contributed by atoms with E-state index in [2.05, 4.69) is 10.6 Å². The van der Waals surface area contributed by atoms with E-state index in [1.54, 1.807) is 30.5 Å². The van der Waals surface area contributed by atoms with Crippen molar-refractivity contribution in [2.75, 3.05) is 24.7 Å². The largest absolute Gasteiger partial charge is 0.396 e. The van der Waals surface area contributed by atoms with Crippen molar-refractivity contribution >= 4 is 22.5 Å². The van der Waals surface area contributed by atoms with Crippen LogP contribution in [-0.2, 0) is 10.8 Å². The highest BCUT2D eigenvalue weighted by Crippen LogP contribution is 2.13. The van der Waals surface area contributed by atoms with Gasteiger partial charge in [0.25, 0.3) is 0 Å². The molecule has 0 aliphatic heterocycles. The Morgan fingerprint density at radius 3 is 2.84 bits per heavy atom. The van der Waals surface area contributed by atoms with Crippen LogP contribution in [0.4, 0.5) is 10.5 Å². The molecule has 2 atom stereocenters. The number of nitrogens with one attached hydrogen (secondary N) is 2. The molecule has 0 radical (unpaired) electrons. The van der Waals surface area contributed by atoms with Crippen molar-refractivity contribution in [2.45, 2.75) is 18.2 Å². The van der Waals surface area contributed by atoms with Crippen LogP contribution in [0, 0.1) is 5.92 Å². The SMILES string of the molecule is CC(CCO)CNC(=O)Nc1cccc(S(C)=O)c1. The number of carbonyl (C=O) groups excluding carboxylic acids is 1. The lowest BCUT2D eigenvalue weighted by Gasteiger charge is -2.12. The fourth-order valence-electron chi connectivity index (χ4n) is 1.52. The number of hydrogen-bond donors (Lipinski definition) is 3. The van der Waals surface area contributed by atoms with Gasteiger partial charge >= 0.3 is 6.03 Å². The minimum atomic E-state index is -1.07. The lowest BCUT2D eigenvalue weighted by atomic mass is 10.1. The van der Waals surface area contributed by atoms with Gasteiger partial charge in [-0.3, -0.25) is 4.21 Å². The first-order valence-corrected chi connectivity index (χ1v) is 7.68. The van der Waals surface area contributed by atoms with Crippen LogP contribution in [0.15, 0.2) is 29.2 Å². The Labute approximate surface area is 115 Å². The Balaban J connectivity index is 2.48. The van der Waals surface area contributed by atoms with Crippen LogP contribution >= 0.6 is 0 Å². The van der Waals surface area contributed by atoms with Crippen LogP contribution in [0.5, 0.6) is 0 Å². The maximum absolute atomic E-state index is 11.6. The lowest BCUT2D eigenvalue weighted by molar-refractivity contribution is 0.243. The Morgan fingerprint density at radius 1 is 1.47 bits per heavy atom. The Bertz CT molecular complexity index is 451. The Hall–Kier alpha value is -1.40. The predicted molar refractivity (Wildman–Crippen MR) is 76.7 cm³/mol. The van der Waals surface area contributed by atoms with Gasteiger partial charge in [0, 0.05) is 40.8 Å². The average molecular weight is 284 g/mol. The fraction of sp³-hybridized carbons (Fsp3) is 0.462. The van der Waals surface area contributed by atoms with Crippen molar-refractivity contribution in [3.63, 3.8) is 0 Å². The number of aliphatic hydroxyl groups excluding tert-OH is 1. The third-order valence-electron chi connectivity index (χ3n) is 2.66. The van der Waals surface area contributed by atoms with Gasteiger partial charge in [-0.1, -0.05) is 13.0 Å². The molecular weight excluding hydrogens is 264 g/mol. The zero-order valence-corrected chi connectivity index (χ0v) is 12.0. The first kappa shape index (κ1) is 15.7. The Kier molecular flexibility index (Phi) is 6.52. The quantitative estimate of drug-likeness (QED) is 0.742. The van der Waals surface area contributed by atoms with Crippen LogP contribution in [0.25, 0.3) is 0 Å². The normalized spacial score (nSPS) is 13.6. The van der Waals surface area contributed by atoms with E-state index in [0.29, 0.717) is 23.5 Å². The van der Waals surface area contributed by atoms with Gasteiger partial charge < -0.3 is 15.7 Å². The van der Waals surface area contributed by atoms with E-state index in [9.17, 15) is 9.00 Å². The number of benzene rings is 1. The topological polar surface area (TPSA) is 78.4 Å². The standard InChI is InChI=1S/C13H20N2O3S/c1-10(6-7-16)9-14-13(17)15-11-4-3-5-12(8-11)19(2)18/h3-5,8,10,16H,6-7,9H2,1-2H3,(H2,14,15,17). The first-order chi connectivity index (χ1) is 9.02. The lowest BCUT2D eigenvalue weighted by Crippen LogP contribution is -2.32. The van der Waals surface area contributed by atoms with E-state index in [4.69, 9.17) is 5.11 Å². The molecule has 1 rings (SSSR count). The molecule has 1 aromatic carbocycles. The zero-order chi connectivity index (χ0) is 14.3. The van der Waals surface area contributed by atoms with Crippen LogP contribution in [-0.4, -0.2) is 34.8 Å². The van der Waals surface area contributed by atoms with Gasteiger partial charge in [0.2, 0.25) is 0 Å². The van der Waals surface area contributed by atoms with Gasteiger partial charge in [-0.25, -0.2) is 4.79 Å². The second-order valence-corrected chi connectivity index (χ2v) is 5.81. The monoisotopic (exact) mass is 284 g/mol. The average Bonchev–Trinajstić information content (AvgIpc) is 2.37. The maximum atomic E-state index is 11.6. The van der Waals surface area contributed by atoms with E-state index >= 15 is 0 Å². The van der Waals surface area contributed by atoms with Crippen molar-refractivity contribution in [2.24, 2.45) is 5.92 Å². The van der Waals surface area contributed by atoms with Gasteiger partial charge in [0.15, 0.2) is 0 Å². The van der Waals surface area contributed by atoms with Gasteiger partial charge in [-0.2, -0.15) is 0 Å². The molecule has 0 bridgehead atoms. The van der Waals surface area contributed by atoms with Crippen molar-refractivity contribution in [3.8, 4) is 0 Å². The minimum absolute atomic E-state index is 0.120. The molecule has 1 aromatic rings. The molecule has 0 spiro atoms. The summed E-state index contributed by atoms with van der Waals surface area (Å²) in [7, 11) is -1.07. The summed E-state index contributed by atoms with van der Waals surface area (Å²) in [6.07, 6.45) is 2.25. The molecule has 0 fully saturated rings. The summed E-state index contributed by atoms with van der Waals surface area (Å²) in [6, 6.07) is 6.63. The number of hydrogen-bond acceptors (Lipinski definition) is 3. The zero-order valence-electron chi connectivity index (χ0n) is 11.2. The molecule has 0 saturated carbocycles. The smallest absolute Gasteiger partial charge is 0.319 e. The molecule has 0 aromatic heterocycles. The first-order valence-electron chi connectivity index (χ1n) is 6.12. The highest BCUT2D eigenvalue weighted by atomic mass is 32.2. The van der Waals surface area contributed by atoms with E-state index in [1.165, 1.54) is 0 Å². The van der Waals surface area contributed by atoms with Gasteiger partial charge in [-0.15, -0.1) is 0 Å². The number of aliphatic hydroxyl groups is 1. The van der Waals surface area contributed by atoms with Crippen LogP contribution in [0.2, 0.25) is 0 Å². The van der Waals surface area contributed by atoms with Crippen LogP contribution in [0.1, 0.15) is 13.3 Å². The Morgan fingerprint density at radius 2 is 2.21 bits per heavy atom. The molecule has 0 heterocycles. The molecule has 0 aliphatic rings. The summed E-state index contributed by atoms with van der Waals surface area (Å²) in [5.74, 6) is 0.227. The third-order valence-corrected chi connectivity index (χ3v) is 3.57. The molecule has 2 amide bonds. The number of anilines is 1. The van der Waals surface area contributed by atoms with E-state index in [0.717, 1.165) is 0 Å². The number of rotatable bonds is 6. The van der Waals surface area contributed by atoms with E-state index < -0.39 is 10.8 Å². The van der Waals surface area contributed by atoms with Crippen molar-refractivity contribution in [1.29, 1.82) is 0 Å². The van der Waals surface area contributed by atoms with Crippen LogP contribution < -0.4 is 10.6 Å². The number of carbonyl (C=O) groups is 1. The second kappa shape index (κ2) is 7.91. The minimum Gasteiger partial charge on any atom is -0.396 e. The number of urea groups is 1. The van der Waals surface area contributed by atoms with E-state index in [1.807, 2.05) is 6.92 Å². The molecule has 3 N–H and O–H groups in total. The van der Waals surface area contributed by atoms with Gasteiger partial charge in [0.1, 0.15) is 0 Å². The summed E-state index contributed by atoms with van der Waals surface area (Å²) in [6.45, 7) is 2.58.